The van der Waals surface area contributed by atoms with E-state index in [1.165, 1.54) is 0 Å². The van der Waals surface area contributed by atoms with Crippen molar-refractivity contribution in [3.05, 3.63) is 0 Å². The third kappa shape index (κ3) is 2.50. The molecule has 0 fully saturated rings. The number of carbonyl (C=O) groups is 2. The summed E-state index contributed by atoms with van der Waals surface area (Å²) >= 11 is 0. The van der Waals surface area contributed by atoms with Crippen LogP contribution in [0.15, 0.2) is 0 Å². The van der Waals surface area contributed by atoms with Crippen LogP contribution >= 0.6 is 0 Å². The number of amides is 1. The fourth-order valence-electron chi connectivity index (χ4n) is 0.868. The van der Waals surface area contributed by atoms with E-state index in [-0.39, 0.29) is 11.0 Å². The van der Waals surface area contributed by atoms with E-state index < -0.39 is 17.9 Å². The van der Waals surface area contributed by atoms with E-state index in [1.807, 2.05) is 0 Å². The van der Waals surface area contributed by atoms with E-state index in [2.05, 4.69) is 0 Å². The molecule has 0 aromatic rings. The number of hydroxylamine groups is 2. The highest BCUT2D eigenvalue weighted by Gasteiger charge is 2.29. The van der Waals surface area contributed by atoms with Crippen LogP contribution in [0.2, 0.25) is 0 Å². The molecular weight excluding hydrogens is 162 g/mol. The zero-order valence-electron chi connectivity index (χ0n) is 7.31. The highest BCUT2D eigenvalue weighted by atomic mass is 16.5. The Labute approximate surface area is 70.6 Å². The van der Waals surface area contributed by atoms with Gasteiger partial charge in [0.25, 0.3) is 0 Å². The molecule has 70 valence electrons. The molecule has 0 aromatic carbocycles. The molecule has 0 unspecified atom stereocenters. The minimum atomic E-state index is -1.21. The largest absolute Gasteiger partial charge is 0.480 e. The number of carbonyl (C=O) groups excluding carboxylic acids is 1. The Kier molecular flexibility index (Phi) is 3.69. The van der Waals surface area contributed by atoms with E-state index in [4.69, 9.17) is 10.3 Å². The van der Waals surface area contributed by atoms with Crippen LogP contribution in [0, 0.1) is 5.92 Å². The summed E-state index contributed by atoms with van der Waals surface area (Å²) in [4.78, 5) is 21.1. The van der Waals surface area contributed by atoms with E-state index in [0.29, 0.717) is 0 Å². The lowest BCUT2D eigenvalue weighted by molar-refractivity contribution is -0.188. The minimum absolute atomic E-state index is 0.243. The van der Waals surface area contributed by atoms with Crippen LogP contribution < -0.4 is 0 Å². The van der Waals surface area contributed by atoms with Crippen molar-refractivity contribution in [2.45, 2.75) is 26.8 Å². The highest BCUT2D eigenvalue weighted by molar-refractivity contribution is 5.81. The van der Waals surface area contributed by atoms with Crippen LogP contribution in [0.25, 0.3) is 0 Å². The van der Waals surface area contributed by atoms with Crippen LogP contribution in [-0.2, 0) is 9.59 Å². The predicted molar refractivity (Wildman–Crippen MR) is 40.6 cm³/mol. The molecule has 0 saturated heterocycles. The second-order valence-electron chi connectivity index (χ2n) is 2.89. The molecule has 1 amide bonds. The molecule has 5 heteroatoms. The van der Waals surface area contributed by atoms with Crippen LogP contribution in [-0.4, -0.2) is 33.3 Å². The minimum Gasteiger partial charge on any atom is -0.480 e. The van der Waals surface area contributed by atoms with Gasteiger partial charge >= 0.3 is 5.97 Å². The smallest absolute Gasteiger partial charge is 0.329 e. The first-order valence-electron chi connectivity index (χ1n) is 3.59. The van der Waals surface area contributed by atoms with Gasteiger partial charge in [-0.2, -0.15) is 0 Å². The van der Waals surface area contributed by atoms with Crippen molar-refractivity contribution in [1.82, 2.24) is 5.06 Å². The van der Waals surface area contributed by atoms with E-state index in [1.54, 1.807) is 13.8 Å². The maximum Gasteiger partial charge on any atom is 0.329 e. The van der Waals surface area contributed by atoms with E-state index in [0.717, 1.165) is 6.92 Å². The highest BCUT2D eigenvalue weighted by Crippen LogP contribution is 2.08. The van der Waals surface area contributed by atoms with Gasteiger partial charge in [-0.3, -0.25) is 10.0 Å². The number of carboxylic acids is 1. The number of aliphatic carboxylic acids is 1. The van der Waals surface area contributed by atoms with Crippen molar-refractivity contribution >= 4 is 11.9 Å². The van der Waals surface area contributed by atoms with E-state index >= 15 is 0 Å². The Morgan fingerprint density at radius 3 is 1.83 bits per heavy atom. The lowest BCUT2D eigenvalue weighted by atomic mass is 10.0. The second-order valence-corrected chi connectivity index (χ2v) is 2.89. The first-order chi connectivity index (χ1) is 5.37. The molecule has 0 spiro atoms. The van der Waals surface area contributed by atoms with Crippen LogP contribution in [0.3, 0.4) is 0 Å². The van der Waals surface area contributed by atoms with Crippen LogP contribution in [0.5, 0.6) is 0 Å². The Bertz CT molecular complexity index is 190. The van der Waals surface area contributed by atoms with Gasteiger partial charge < -0.3 is 5.11 Å². The SMILES string of the molecule is CC(=O)N(O)[C@H](C(=O)O)C(C)C. The number of rotatable bonds is 3. The third-order valence-electron chi connectivity index (χ3n) is 1.47. The predicted octanol–water partition coefficient (Wildman–Crippen LogP) is 0.333. The zero-order chi connectivity index (χ0) is 9.89. The summed E-state index contributed by atoms with van der Waals surface area (Å²) in [7, 11) is 0. The number of hydrogen-bond donors (Lipinski definition) is 2. The van der Waals surface area contributed by atoms with Gasteiger partial charge in [-0.25, -0.2) is 9.86 Å². The Morgan fingerprint density at radius 1 is 1.33 bits per heavy atom. The molecular formula is C7H13NO4. The van der Waals surface area contributed by atoms with E-state index in [9.17, 15) is 9.59 Å². The first-order valence-corrected chi connectivity index (χ1v) is 3.59. The Balaban J connectivity index is 4.51. The Morgan fingerprint density at radius 2 is 1.75 bits per heavy atom. The van der Waals surface area contributed by atoms with Gasteiger partial charge in [0.15, 0.2) is 6.04 Å². The molecule has 0 aliphatic heterocycles. The maximum absolute atomic E-state index is 10.6. The molecule has 1 atom stereocenters. The molecule has 2 N–H and O–H groups in total. The molecule has 12 heavy (non-hydrogen) atoms. The quantitative estimate of drug-likeness (QED) is 0.478. The van der Waals surface area contributed by atoms with Crippen LogP contribution in [0.1, 0.15) is 20.8 Å². The number of nitrogens with zero attached hydrogens (tertiary/aromatic N) is 1. The van der Waals surface area contributed by atoms with Gasteiger partial charge in [-0.05, 0) is 5.92 Å². The first kappa shape index (κ1) is 10.9. The molecule has 0 aromatic heterocycles. The number of hydrogen-bond acceptors (Lipinski definition) is 3. The average Bonchev–Trinajstić information content (AvgIpc) is 1.85. The molecule has 0 aliphatic carbocycles. The van der Waals surface area contributed by atoms with Crippen LogP contribution in [0.4, 0.5) is 0 Å². The standard InChI is InChI=1S/C7H13NO4/c1-4(2)6(7(10)11)8(12)5(3)9/h4,6,12H,1-3H3,(H,10,11)/t6-/m0/s1. The lowest BCUT2D eigenvalue weighted by Gasteiger charge is -2.23. The maximum atomic E-state index is 10.6. The normalized spacial score (nSPS) is 12.8. The summed E-state index contributed by atoms with van der Waals surface area (Å²) in [5, 5.41) is 17.9. The average molecular weight is 175 g/mol. The Hall–Kier alpha value is -1.10. The molecule has 0 radical (unpaired) electrons. The number of carboxylic acid groups (broad SMARTS) is 1. The summed E-state index contributed by atoms with van der Waals surface area (Å²) in [6.45, 7) is 4.34. The van der Waals surface area contributed by atoms with Crippen molar-refractivity contribution < 1.29 is 19.9 Å². The van der Waals surface area contributed by atoms with Gasteiger partial charge in [-0.15, -0.1) is 0 Å². The van der Waals surface area contributed by atoms with Crippen molar-refractivity contribution in [2.75, 3.05) is 0 Å². The van der Waals surface area contributed by atoms with Gasteiger partial charge in [0, 0.05) is 6.92 Å². The second kappa shape index (κ2) is 4.06. The summed E-state index contributed by atoms with van der Waals surface area (Å²) in [6, 6.07) is -1.16. The monoisotopic (exact) mass is 175 g/mol. The van der Waals surface area contributed by atoms with Crippen molar-refractivity contribution in [3.8, 4) is 0 Å². The third-order valence-corrected chi connectivity index (χ3v) is 1.47. The summed E-state index contributed by atoms with van der Waals surface area (Å²) in [6.07, 6.45) is 0. The van der Waals surface area contributed by atoms with Gasteiger partial charge in [0.2, 0.25) is 5.91 Å². The molecule has 5 nitrogen and oxygen atoms in total. The van der Waals surface area contributed by atoms with Gasteiger partial charge in [-0.1, -0.05) is 13.8 Å². The van der Waals surface area contributed by atoms with Gasteiger partial charge in [0.05, 0.1) is 0 Å². The fraction of sp³-hybridized carbons (Fsp3) is 0.714. The molecule has 0 bridgehead atoms. The topological polar surface area (TPSA) is 77.8 Å². The lowest BCUT2D eigenvalue weighted by Crippen LogP contribution is -2.45. The van der Waals surface area contributed by atoms with Gasteiger partial charge in [0.1, 0.15) is 0 Å². The molecule has 0 aliphatic rings. The summed E-state index contributed by atoms with van der Waals surface area (Å²) in [5.74, 6) is -2.20. The van der Waals surface area contributed by atoms with Crippen molar-refractivity contribution in [1.29, 1.82) is 0 Å². The van der Waals surface area contributed by atoms with Crippen molar-refractivity contribution in [3.63, 3.8) is 0 Å². The molecule has 0 heterocycles. The van der Waals surface area contributed by atoms with Crippen molar-refractivity contribution in [2.24, 2.45) is 5.92 Å². The summed E-state index contributed by atoms with van der Waals surface area (Å²) in [5.41, 5.74) is 0. The zero-order valence-corrected chi connectivity index (χ0v) is 7.31. The molecule has 0 saturated carbocycles. The molecule has 0 rings (SSSR count). The summed E-state index contributed by atoms with van der Waals surface area (Å²) < 4.78 is 0. The fourth-order valence-corrected chi connectivity index (χ4v) is 0.868.